The van der Waals surface area contributed by atoms with Crippen molar-refractivity contribution < 1.29 is 9.90 Å². The van der Waals surface area contributed by atoms with Crippen LogP contribution in [0.15, 0.2) is 6.20 Å². The summed E-state index contributed by atoms with van der Waals surface area (Å²) in [6.07, 6.45) is 5.28. The molecule has 0 radical (unpaired) electrons. The highest BCUT2D eigenvalue weighted by Gasteiger charge is 2.21. The Hall–Kier alpha value is -1.43. The monoisotopic (exact) mass is 252 g/mol. The molecule has 0 saturated carbocycles. The van der Waals surface area contributed by atoms with Gasteiger partial charge >= 0.3 is 5.97 Å². The minimum Gasteiger partial charge on any atom is -0.481 e. The summed E-state index contributed by atoms with van der Waals surface area (Å²) in [6, 6.07) is 0. The molecule has 0 spiro atoms. The van der Waals surface area contributed by atoms with Crippen molar-refractivity contribution >= 4 is 5.97 Å². The van der Waals surface area contributed by atoms with E-state index in [1.807, 2.05) is 13.2 Å². The molecular formula is C12H20N4O2. The maximum absolute atomic E-state index is 10.6. The number of carboxylic acids is 1. The first kappa shape index (κ1) is 13.0. The first-order valence-corrected chi connectivity index (χ1v) is 6.43. The van der Waals surface area contributed by atoms with Gasteiger partial charge in [-0.15, -0.1) is 5.10 Å². The van der Waals surface area contributed by atoms with Crippen LogP contribution >= 0.6 is 0 Å². The van der Waals surface area contributed by atoms with Crippen molar-refractivity contribution in [1.82, 2.24) is 19.9 Å². The highest BCUT2D eigenvalue weighted by molar-refractivity contribution is 5.66. The summed E-state index contributed by atoms with van der Waals surface area (Å²) in [5.74, 6) is -0.187. The summed E-state index contributed by atoms with van der Waals surface area (Å²) in [6.45, 7) is 2.86. The first-order chi connectivity index (χ1) is 8.63. The average Bonchev–Trinajstić information content (AvgIpc) is 2.73. The zero-order valence-electron chi connectivity index (χ0n) is 10.7. The number of aliphatic carboxylic acids is 1. The van der Waals surface area contributed by atoms with Crippen LogP contribution in [0.3, 0.4) is 0 Å². The van der Waals surface area contributed by atoms with E-state index in [2.05, 4.69) is 15.2 Å². The second kappa shape index (κ2) is 5.95. The van der Waals surface area contributed by atoms with Crippen molar-refractivity contribution in [3.05, 3.63) is 11.9 Å². The number of likely N-dealkylation sites (tertiary alicyclic amines) is 1. The van der Waals surface area contributed by atoms with E-state index in [0.29, 0.717) is 5.92 Å². The molecule has 1 aliphatic rings. The molecule has 100 valence electrons. The van der Waals surface area contributed by atoms with Crippen LogP contribution in [0.1, 0.15) is 31.4 Å². The van der Waals surface area contributed by atoms with E-state index in [1.54, 1.807) is 4.68 Å². The lowest BCUT2D eigenvalue weighted by Crippen LogP contribution is -2.35. The maximum atomic E-state index is 10.6. The quantitative estimate of drug-likeness (QED) is 0.842. The molecule has 6 nitrogen and oxygen atoms in total. The maximum Gasteiger partial charge on any atom is 0.303 e. The Bertz CT molecular complexity index is 405. The standard InChI is InChI=1S/C12H20N4O2/c1-15-8-11(13-14-15)9-16-6-2-3-10(7-16)4-5-12(17)18/h8,10H,2-7,9H2,1H3,(H,17,18). The largest absolute Gasteiger partial charge is 0.481 e. The average molecular weight is 252 g/mol. The molecule has 0 aliphatic carbocycles. The van der Waals surface area contributed by atoms with E-state index in [4.69, 9.17) is 5.11 Å². The highest BCUT2D eigenvalue weighted by Crippen LogP contribution is 2.21. The van der Waals surface area contributed by atoms with Gasteiger partial charge in [-0.05, 0) is 31.7 Å². The fraction of sp³-hybridized carbons (Fsp3) is 0.750. The van der Waals surface area contributed by atoms with Crippen molar-refractivity contribution in [2.75, 3.05) is 13.1 Å². The number of rotatable bonds is 5. The van der Waals surface area contributed by atoms with Crippen LogP contribution < -0.4 is 0 Å². The predicted molar refractivity (Wildman–Crippen MR) is 65.9 cm³/mol. The highest BCUT2D eigenvalue weighted by atomic mass is 16.4. The molecule has 2 heterocycles. The third-order valence-electron chi connectivity index (χ3n) is 3.41. The third kappa shape index (κ3) is 3.80. The first-order valence-electron chi connectivity index (χ1n) is 6.43. The van der Waals surface area contributed by atoms with E-state index in [1.165, 1.54) is 0 Å². The zero-order valence-corrected chi connectivity index (χ0v) is 10.7. The Kier molecular flexibility index (Phi) is 4.30. The van der Waals surface area contributed by atoms with Gasteiger partial charge in [0.25, 0.3) is 0 Å². The molecule has 1 aromatic heterocycles. The molecule has 1 N–H and O–H groups in total. The number of carbonyl (C=O) groups is 1. The van der Waals surface area contributed by atoms with Crippen molar-refractivity contribution in [3.63, 3.8) is 0 Å². The van der Waals surface area contributed by atoms with Gasteiger partial charge in [0.05, 0.1) is 5.69 Å². The Morgan fingerprint density at radius 2 is 2.44 bits per heavy atom. The number of nitrogens with zero attached hydrogens (tertiary/aromatic N) is 4. The lowest BCUT2D eigenvalue weighted by Gasteiger charge is -2.31. The Morgan fingerprint density at radius 3 is 3.11 bits per heavy atom. The zero-order chi connectivity index (χ0) is 13.0. The molecule has 18 heavy (non-hydrogen) atoms. The van der Waals surface area contributed by atoms with Crippen molar-refractivity contribution in [2.45, 2.75) is 32.2 Å². The molecule has 0 bridgehead atoms. The second-order valence-corrected chi connectivity index (χ2v) is 5.06. The van der Waals surface area contributed by atoms with Gasteiger partial charge in [-0.1, -0.05) is 5.21 Å². The minimum atomic E-state index is -0.693. The van der Waals surface area contributed by atoms with E-state index in [-0.39, 0.29) is 6.42 Å². The van der Waals surface area contributed by atoms with E-state index < -0.39 is 5.97 Å². The Balaban J connectivity index is 1.81. The summed E-state index contributed by atoms with van der Waals surface area (Å²) in [5.41, 5.74) is 0.983. The topological polar surface area (TPSA) is 71.2 Å². The molecule has 2 rings (SSSR count). The van der Waals surface area contributed by atoms with Crippen molar-refractivity contribution in [1.29, 1.82) is 0 Å². The SMILES string of the molecule is Cn1cc(CN2CCCC(CCC(=O)O)C2)nn1. The van der Waals surface area contributed by atoms with E-state index in [0.717, 1.165) is 44.6 Å². The molecule has 1 unspecified atom stereocenters. The number of carboxylic acid groups (broad SMARTS) is 1. The van der Waals surface area contributed by atoms with Gasteiger partial charge in [-0.25, -0.2) is 0 Å². The van der Waals surface area contributed by atoms with Gasteiger partial charge in [0.15, 0.2) is 0 Å². The summed E-state index contributed by atoms with van der Waals surface area (Å²) < 4.78 is 1.71. The predicted octanol–water partition coefficient (Wildman–Crippen LogP) is 0.892. The molecule has 1 aromatic rings. The fourth-order valence-electron chi connectivity index (χ4n) is 2.55. The van der Waals surface area contributed by atoms with Crippen LogP contribution in [0.4, 0.5) is 0 Å². The summed E-state index contributed by atoms with van der Waals surface area (Å²) >= 11 is 0. The number of hydrogen-bond acceptors (Lipinski definition) is 4. The number of hydrogen-bond donors (Lipinski definition) is 1. The summed E-state index contributed by atoms with van der Waals surface area (Å²) in [5, 5.41) is 16.7. The molecule has 6 heteroatoms. The Morgan fingerprint density at radius 1 is 1.61 bits per heavy atom. The summed E-state index contributed by atoms with van der Waals surface area (Å²) in [4.78, 5) is 12.9. The van der Waals surface area contributed by atoms with Crippen LogP contribution in [0.2, 0.25) is 0 Å². The van der Waals surface area contributed by atoms with E-state index >= 15 is 0 Å². The minimum absolute atomic E-state index is 0.281. The molecule has 1 aliphatic heterocycles. The Labute approximate surface area is 107 Å². The fourth-order valence-corrected chi connectivity index (χ4v) is 2.55. The summed E-state index contributed by atoms with van der Waals surface area (Å²) in [7, 11) is 1.86. The van der Waals surface area contributed by atoms with Gasteiger partial charge in [0, 0.05) is 32.8 Å². The lowest BCUT2D eigenvalue weighted by atomic mass is 9.93. The molecule has 1 saturated heterocycles. The molecule has 1 fully saturated rings. The third-order valence-corrected chi connectivity index (χ3v) is 3.41. The van der Waals surface area contributed by atoms with Crippen LogP contribution in [0.5, 0.6) is 0 Å². The molecule has 0 aromatic carbocycles. The van der Waals surface area contributed by atoms with Gasteiger partial charge in [-0.3, -0.25) is 14.4 Å². The second-order valence-electron chi connectivity index (χ2n) is 5.06. The van der Waals surface area contributed by atoms with Gasteiger partial charge < -0.3 is 5.11 Å². The molecular weight excluding hydrogens is 232 g/mol. The number of aromatic nitrogens is 3. The van der Waals surface area contributed by atoms with Gasteiger partial charge in [-0.2, -0.15) is 0 Å². The van der Waals surface area contributed by atoms with Crippen LogP contribution in [0.25, 0.3) is 0 Å². The van der Waals surface area contributed by atoms with Gasteiger partial charge in [0.2, 0.25) is 0 Å². The number of piperidine rings is 1. The van der Waals surface area contributed by atoms with Crippen LogP contribution in [-0.2, 0) is 18.4 Å². The van der Waals surface area contributed by atoms with Crippen LogP contribution in [0, 0.1) is 5.92 Å². The van der Waals surface area contributed by atoms with Gasteiger partial charge in [0.1, 0.15) is 0 Å². The van der Waals surface area contributed by atoms with E-state index in [9.17, 15) is 4.79 Å². The van der Waals surface area contributed by atoms with Crippen molar-refractivity contribution in [2.24, 2.45) is 13.0 Å². The number of aryl methyl sites for hydroxylation is 1. The van der Waals surface area contributed by atoms with Crippen LogP contribution in [-0.4, -0.2) is 44.1 Å². The normalized spacial score (nSPS) is 21.1. The lowest BCUT2D eigenvalue weighted by molar-refractivity contribution is -0.137. The van der Waals surface area contributed by atoms with Crippen molar-refractivity contribution in [3.8, 4) is 0 Å². The smallest absolute Gasteiger partial charge is 0.303 e. The molecule has 0 amide bonds. The molecule has 1 atom stereocenters.